The lowest BCUT2D eigenvalue weighted by molar-refractivity contribution is -0.141. The SMILES string of the molecule is COC(=O)CCN1CCC[C@H](c2nnc3n2CCCCC3)C1. The number of carbonyl (C=O) groups is 1. The number of ether oxygens (including phenoxy) is 1. The van der Waals surface area contributed by atoms with Crippen LogP contribution in [0, 0.1) is 0 Å². The van der Waals surface area contributed by atoms with Gasteiger partial charge in [0.1, 0.15) is 11.6 Å². The molecule has 0 aliphatic carbocycles. The molecule has 0 amide bonds. The second-order valence-electron chi connectivity index (χ2n) is 6.40. The highest BCUT2D eigenvalue weighted by Crippen LogP contribution is 2.28. The fraction of sp³-hybridized carbons (Fsp3) is 0.812. The Morgan fingerprint density at radius 3 is 3.00 bits per heavy atom. The molecule has 6 heteroatoms. The first-order chi connectivity index (χ1) is 10.8. The molecule has 1 aromatic heterocycles. The van der Waals surface area contributed by atoms with Gasteiger partial charge in [-0.3, -0.25) is 4.79 Å². The summed E-state index contributed by atoms with van der Waals surface area (Å²) < 4.78 is 7.10. The minimum atomic E-state index is -0.126. The maximum atomic E-state index is 11.3. The van der Waals surface area contributed by atoms with Crippen molar-refractivity contribution in [1.82, 2.24) is 19.7 Å². The van der Waals surface area contributed by atoms with E-state index in [4.69, 9.17) is 4.74 Å². The van der Waals surface area contributed by atoms with Crippen LogP contribution in [0.25, 0.3) is 0 Å². The highest BCUT2D eigenvalue weighted by Gasteiger charge is 2.27. The number of nitrogens with zero attached hydrogens (tertiary/aromatic N) is 4. The lowest BCUT2D eigenvalue weighted by Crippen LogP contribution is -2.36. The van der Waals surface area contributed by atoms with Gasteiger partial charge in [-0.15, -0.1) is 10.2 Å². The predicted octanol–water partition coefficient (Wildman–Crippen LogP) is 1.75. The number of esters is 1. The third-order valence-corrected chi connectivity index (χ3v) is 4.87. The topological polar surface area (TPSA) is 60.2 Å². The van der Waals surface area contributed by atoms with Crippen LogP contribution >= 0.6 is 0 Å². The molecular weight excluding hydrogens is 280 g/mol. The molecule has 0 unspecified atom stereocenters. The number of piperidine rings is 1. The highest BCUT2D eigenvalue weighted by molar-refractivity contribution is 5.69. The molecule has 3 heterocycles. The molecule has 0 N–H and O–H groups in total. The van der Waals surface area contributed by atoms with E-state index >= 15 is 0 Å². The van der Waals surface area contributed by atoms with Gasteiger partial charge in [-0.2, -0.15) is 0 Å². The van der Waals surface area contributed by atoms with Crippen molar-refractivity contribution >= 4 is 5.97 Å². The Morgan fingerprint density at radius 1 is 1.23 bits per heavy atom. The van der Waals surface area contributed by atoms with Crippen LogP contribution in [0.5, 0.6) is 0 Å². The first kappa shape index (κ1) is 15.5. The van der Waals surface area contributed by atoms with E-state index in [1.165, 1.54) is 44.4 Å². The number of likely N-dealkylation sites (tertiary alicyclic amines) is 1. The zero-order valence-corrected chi connectivity index (χ0v) is 13.5. The van der Waals surface area contributed by atoms with Crippen molar-refractivity contribution in [1.29, 1.82) is 0 Å². The largest absolute Gasteiger partial charge is 0.469 e. The molecule has 2 aliphatic heterocycles. The Bertz CT molecular complexity index is 514. The second kappa shape index (κ2) is 7.22. The molecule has 6 nitrogen and oxygen atoms in total. The van der Waals surface area contributed by atoms with Gasteiger partial charge >= 0.3 is 5.97 Å². The molecule has 0 spiro atoms. The molecule has 1 aromatic rings. The molecule has 0 saturated carbocycles. The maximum Gasteiger partial charge on any atom is 0.306 e. The molecule has 2 aliphatic rings. The summed E-state index contributed by atoms with van der Waals surface area (Å²) in [5.41, 5.74) is 0. The molecule has 22 heavy (non-hydrogen) atoms. The Hall–Kier alpha value is -1.43. The van der Waals surface area contributed by atoms with Crippen molar-refractivity contribution in [2.45, 2.75) is 57.4 Å². The number of hydrogen-bond acceptors (Lipinski definition) is 5. The third kappa shape index (κ3) is 3.48. The summed E-state index contributed by atoms with van der Waals surface area (Å²) in [6, 6.07) is 0. The summed E-state index contributed by atoms with van der Waals surface area (Å²) in [6.07, 6.45) is 7.62. The summed E-state index contributed by atoms with van der Waals surface area (Å²) in [7, 11) is 1.45. The fourth-order valence-electron chi connectivity index (χ4n) is 3.63. The lowest BCUT2D eigenvalue weighted by Gasteiger charge is -2.32. The first-order valence-corrected chi connectivity index (χ1v) is 8.49. The number of methoxy groups -OCH3 is 1. The maximum absolute atomic E-state index is 11.3. The van der Waals surface area contributed by atoms with E-state index in [1.54, 1.807) is 0 Å². The van der Waals surface area contributed by atoms with Gasteiger partial charge in [0.05, 0.1) is 13.5 Å². The quantitative estimate of drug-likeness (QED) is 0.793. The van der Waals surface area contributed by atoms with E-state index in [2.05, 4.69) is 19.7 Å². The monoisotopic (exact) mass is 306 g/mol. The van der Waals surface area contributed by atoms with Crippen LogP contribution in [0.3, 0.4) is 0 Å². The Labute approximate surface area is 131 Å². The van der Waals surface area contributed by atoms with Crippen LogP contribution in [-0.4, -0.2) is 52.4 Å². The van der Waals surface area contributed by atoms with E-state index in [0.717, 1.165) is 39.0 Å². The standard InChI is InChI=1S/C16H26N4O2/c1-22-15(21)8-11-19-9-5-6-13(12-19)16-18-17-14-7-3-2-4-10-20(14)16/h13H,2-12H2,1H3/t13-/m0/s1. The zero-order chi connectivity index (χ0) is 15.4. The van der Waals surface area contributed by atoms with Gasteiger partial charge in [0.15, 0.2) is 0 Å². The van der Waals surface area contributed by atoms with Crippen molar-refractivity contribution < 1.29 is 9.53 Å². The van der Waals surface area contributed by atoms with E-state index < -0.39 is 0 Å². The minimum absolute atomic E-state index is 0.126. The second-order valence-corrected chi connectivity index (χ2v) is 6.40. The van der Waals surface area contributed by atoms with Gasteiger partial charge in [0.25, 0.3) is 0 Å². The summed E-state index contributed by atoms with van der Waals surface area (Å²) in [4.78, 5) is 13.7. The summed E-state index contributed by atoms with van der Waals surface area (Å²) >= 11 is 0. The number of aryl methyl sites for hydroxylation is 1. The zero-order valence-electron chi connectivity index (χ0n) is 13.5. The van der Waals surface area contributed by atoms with Crippen LogP contribution in [0.15, 0.2) is 0 Å². The minimum Gasteiger partial charge on any atom is -0.469 e. The number of carbonyl (C=O) groups excluding carboxylic acids is 1. The van der Waals surface area contributed by atoms with E-state index in [-0.39, 0.29) is 5.97 Å². The van der Waals surface area contributed by atoms with Gasteiger partial charge in [-0.05, 0) is 32.2 Å². The molecule has 0 aromatic carbocycles. The van der Waals surface area contributed by atoms with Gasteiger partial charge < -0.3 is 14.2 Å². The Morgan fingerprint density at radius 2 is 2.14 bits per heavy atom. The molecule has 3 rings (SSSR count). The van der Waals surface area contributed by atoms with Crippen LogP contribution in [-0.2, 0) is 22.5 Å². The van der Waals surface area contributed by atoms with Crippen LogP contribution in [0.1, 0.15) is 56.1 Å². The molecule has 0 radical (unpaired) electrons. The number of rotatable bonds is 4. The van der Waals surface area contributed by atoms with Crippen molar-refractivity contribution in [2.75, 3.05) is 26.7 Å². The average Bonchev–Trinajstić information content (AvgIpc) is 2.81. The van der Waals surface area contributed by atoms with Crippen molar-refractivity contribution in [3.63, 3.8) is 0 Å². The molecule has 0 bridgehead atoms. The van der Waals surface area contributed by atoms with Crippen LogP contribution in [0.2, 0.25) is 0 Å². The van der Waals surface area contributed by atoms with E-state index in [0.29, 0.717) is 12.3 Å². The highest BCUT2D eigenvalue weighted by atomic mass is 16.5. The molecule has 122 valence electrons. The lowest BCUT2D eigenvalue weighted by atomic mass is 9.97. The van der Waals surface area contributed by atoms with E-state index in [9.17, 15) is 4.79 Å². The summed E-state index contributed by atoms with van der Waals surface area (Å²) in [5, 5.41) is 8.93. The first-order valence-electron chi connectivity index (χ1n) is 8.49. The smallest absolute Gasteiger partial charge is 0.306 e. The van der Waals surface area contributed by atoms with E-state index in [1.807, 2.05) is 0 Å². The molecule has 1 fully saturated rings. The van der Waals surface area contributed by atoms with Gasteiger partial charge in [0, 0.05) is 32.0 Å². The summed E-state index contributed by atoms with van der Waals surface area (Å²) in [6.45, 7) is 3.89. The third-order valence-electron chi connectivity index (χ3n) is 4.87. The van der Waals surface area contributed by atoms with Crippen molar-refractivity contribution in [3.8, 4) is 0 Å². The predicted molar refractivity (Wildman–Crippen MR) is 82.6 cm³/mol. The Balaban J connectivity index is 1.64. The molecule has 1 saturated heterocycles. The molecular formula is C16H26N4O2. The van der Waals surface area contributed by atoms with Crippen molar-refractivity contribution in [2.24, 2.45) is 0 Å². The van der Waals surface area contributed by atoms with Gasteiger partial charge in [-0.1, -0.05) is 6.42 Å². The number of hydrogen-bond donors (Lipinski definition) is 0. The van der Waals surface area contributed by atoms with Crippen molar-refractivity contribution in [3.05, 3.63) is 11.6 Å². The normalized spacial score (nSPS) is 22.9. The fourth-order valence-corrected chi connectivity index (χ4v) is 3.63. The summed E-state index contributed by atoms with van der Waals surface area (Å²) in [5.74, 6) is 2.66. The van der Waals surface area contributed by atoms with Gasteiger partial charge in [0.2, 0.25) is 0 Å². The van der Waals surface area contributed by atoms with Crippen LogP contribution < -0.4 is 0 Å². The Kier molecular flexibility index (Phi) is 5.08. The van der Waals surface area contributed by atoms with Crippen LogP contribution in [0.4, 0.5) is 0 Å². The van der Waals surface area contributed by atoms with Gasteiger partial charge in [-0.25, -0.2) is 0 Å². The average molecular weight is 306 g/mol. The number of fused-ring (bicyclic) bond motifs is 1. The molecule has 1 atom stereocenters. The number of aromatic nitrogens is 3.